The van der Waals surface area contributed by atoms with E-state index in [4.69, 9.17) is 5.26 Å². The molecule has 1 aliphatic rings. The number of rotatable bonds is 4. The summed E-state index contributed by atoms with van der Waals surface area (Å²) in [7, 11) is -3.59. The quantitative estimate of drug-likeness (QED) is 0.640. The molecule has 0 spiro atoms. The fourth-order valence-electron chi connectivity index (χ4n) is 3.23. The average Bonchev–Trinajstić information content (AvgIpc) is 3.28. The zero-order chi connectivity index (χ0) is 20.4. The summed E-state index contributed by atoms with van der Waals surface area (Å²) in [6.07, 6.45) is 3.50. The smallest absolute Gasteiger partial charge is 0.243 e. The molecule has 10 heteroatoms. The van der Waals surface area contributed by atoms with Crippen LogP contribution in [-0.4, -0.2) is 58.7 Å². The highest BCUT2D eigenvalue weighted by Gasteiger charge is 2.29. The molecule has 0 atom stereocenters. The van der Waals surface area contributed by atoms with Crippen LogP contribution in [0.1, 0.15) is 11.4 Å². The minimum Gasteiger partial charge on any atom is -0.354 e. The minimum absolute atomic E-state index is 0.198. The first kappa shape index (κ1) is 19.0. The van der Waals surface area contributed by atoms with E-state index in [1.807, 2.05) is 36.2 Å². The lowest BCUT2D eigenvalue weighted by Gasteiger charge is -2.34. The molecule has 1 aliphatic heterocycles. The molecule has 9 nitrogen and oxygen atoms in total. The molecule has 1 saturated heterocycles. The van der Waals surface area contributed by atoms with Gasteiger partial charge in [-0.1, -0.05) is 0 Å². The van der Waals surface area contributed by atoms with Gasteiger partial charge in [-0.2, -0.15) is 14.7 Å². The summed E-state index contributed by atoms with van der Waals surface area (Å²) in [6, 6.07) is 11.7. The van der Waals surface area contributed by atoms with E-state index in [0.717, 1.165) is 5.82 Å². The summed E-state index contributed by atoms with van der Waals surface area (Å²) in [5.74, 6) is 2.05. The third-order valence-corrected chi connectivity index (χ3v) is 6.65. The predicted molar refractivity (Wildman–Crippen MR) is 106 cm³/mol. The Morgan fingerprint density at radius 3 is 2.34 bits per heavy atom. The van der Waals surface area contributed by atoms with E-state index in [1.54, 1.807) is 10.9 Å². The normalized spacial score (nSPS) is 15.2. The van der Waals surface area contributed by atoms with Crippen molar-refractivity contribution in [2.75, 3.05) is 31.1 Å². The maximum absolute atomic E-state index is 12.9. The lowest BCUT2D eigenvalue weighted by Crippen LogP contribution is -2.49. The number of nitrogens with zero attached hydrogens (tertiary/aromatic N) is 7. The maximum Gasteiger partial charge on any atom is 0.243 e. The molecular weight excluding hydrogens is 390 g/mol. The van der Waals surface area contributed by atoms with Crippen molar-refractivity contribution in [3.63, 3.8) is 0 Å². The number of piperazine rings is 1. The Balaban J connectivity index is 1.50. The summed E-state index contributed by atoms with van der Waals surface area (Å²) in [5.41, 5.74) is 0.431. The summed E-state index contributed by atoms with van der Waals surface area (Å²) >= 11 is 0. The zero-order valence-corrected chi connectivity index (χ0v) is 16.6. The second-order valence-corrected chi connectivity index (χ2v) is 8.55. The number of anilines is 1. The Kier molecular flexibility index (Phi) is 5.00. The molecule has 4 rings (SSSR count). The van der Waals surface area contributed by atoms with Gasteiger partial charge in [0.2, 0.25) is 10.0 Å². The van der Waals surface area contributed by atoms with Crippen molar-refractivity contribution in [3.05, 3.63) is 60.2 Å². The first-order valence-corrected chi connectivity index (χ1v) is 10.5. The monoisotopic (exact) mass is 409 g/mol. The van der Waals surface area contributed by atoms with E-state index in [0.29, 0.717) is 43.4 Å². The second kappa shape index (κ2) is 7.62. The van der Waals surface area contributed by atoms with Gasteiger partial charge in [0.1, 0.15) is 11.6 Å². The molecule has 3 aromatic rings. The van der Waals surface area contributed by atoms with Gasteiger partial charge in [-0.3, -0.25) is 0 Å². The van der Waals surface area contributed by atoms with Crippen molar-refractivity contribution in [2.24, 2.45) is 0 Å². The summed E-state index contributed by atoms with van der Waals surface area (Å²) in [5, 5.41) is 13.1. The van der Waals surface area contributed by atoms with Gasteiger partial charge in [0.25, 0.3) is 0 Å². The van der Waals surface area contributed by atoms with Crippen molar-refractivity contribution in [3.8, 4) is 11.9 Å². The third kappa shape index (κ3) is 3.83. The van der Waals surface area contributed by atoms with Crippen LogP contribution in [0.5, 0.6) is 0 Å². The first-order chi connectivity index (χ1) is 14.0. The number of aryl methyl sites for hydroxylation is 1. The van der Waals surface area contributed by atoms with Crippen LogP contribution < -0.4 is 4.90 Å². The lowest BCUT2D eigenvalue weighted by atomic mass is 10.2. The predicted octanol–water partition coefficient (Wildman–Crippen LogP) is 1.35. The second-order valence-electron chi connectivity index (χ2n) is 6.61. The Hall–Kier alpha value is -3.29. The van der Waals surface area contributed by atoms with E-state index in [2.05, 4.69) is 15.1 Å². The van der Waals surface area contributed by atoms with E-state index in [1.165, 1.54) is 28.6 Å². The molecule has 2 aromatic heterocycles. The fraction of sp³-hybridized carbons (Fsp3) is 0.263. The number of aromatic nitrogens is 4. The summed E-state index contributed by atoms with van der Waals surface area (Å²) in [6.45, 7) is 3.56. The number of hydrogen-bond acceptors (Lipinski definition) is 7. The van der Waals surface area contributed by atoms with Crippen LogP contribution >= 0.6 is 0 Å². The molecule has 1 fully saturated rings. The van der Waals surface area contributed by atoms with Crippen LogP contribution in [0.2, 0.25) is 0 Å². The van der Waals surface area contributed by atoms with Crippen molar-refractivity contribution < 1.29 is 8.42 Å². The third-order valence-electron chi connectivity index (χ3n) is 4.73. The van der Waals surface area contributed by atoms with Gasteiger partial charge in [0.05, 0.1) is 16.5 Å². The van der Waals surface area contributed by atoms with Crippen LogP contribution in [0.25, 0.3) is 5.82 Å². The highest BCUT2D eigenvalue weighted by molar-refractivity contribution is 7.89. The van der Waals surface area contributed by atoms with Gasteiger partial charge in [-0.05, 0) is 37.3 Å². The van der Waals surface area contributed by atoms with E-state index in [-0.39, 0.29) is 4.90 Å². The lowest BCUT2D eigenvalue weighted by molar-refractivity contribution is 0.383. The Labute approximate surface area is 168 Å². The Bertz CT molecular complexity index is 1140. The highest BCUT2D eigenvalue weighted by Crippen LogP contribution is 2.21. The van der Waals surface area contributed by atoms with Crippen molar-refractivity contribution in [1.82, 2.24) is 24.1 Å². The van der Waals surface area contributed by atoms with Crippen LogP contribution in [0.4, 0.5) is 5.82 Å². The largest absolute Gasteiger partial charge is 0.354 e. The molecule has 3 heterocycles. The van der Waals surface area contributed by atoms with Gasteiger partial charge in [0.15, 0.2) is 5.82 Å². The van der Waals surface area contributed by atoms with Gasteiger partial charge in [0, 0.05) is 44.6 Å². The highest BCUT2D eigenvalue weighted by atomic mass is 32.2. The SMILES string of the molecule is Cc1nc(N2CCN(S(=O)(=O)c3ccc(C#N)cc3)CC2)cc(-n2cccn2)n1. The number of sulfonamides is 1. The van der Waals surface area contributed by atoms with Crippen LogP contribution in [-0.2, 0) is 10.0 Å². The molecule has 0 amide bonds. The zero-order valence-electron chi connectivity index (χ0n) is 15.8. The molecule has 1 aromatic carbocycles. The summed E-state index contributed by atoms with van der Waals surface area (Å²) < 4.78 is 28.9. The molecule has 29 heavy (non-hydrogen) atoms. The van der Waals surface area contributed by atoms with Crippen LogP contribution in [0, 0.1) is 18.3 Å². The Morgan fingerprint density at radius 2 is 1.72 bits per heavy atom. The van der Waals surface area contributed by atoms with E-state index >= 15 is 0 Å². The number of hydrogen-bond donors (Lipinski definition) is 0. The van der Waals surface area contributed by atoms with E-state index in [9.17, 15) is 8.42 Å². The van der Waals surface area contributed by atoms with Crippen molar-refractivity contribution in [1.29, 1.82) is 5.26 Å². The van der Waals surface area contributed by atoms with Crippen molar-refractivity contribution >= 4 is 15.8 Å². The van der Waals surface area contributed by atoms with Crippen LogP contribution in [0.15, 0.2) is 53.7 Å². The molecule has 0 N–H and O–H groups in total. The molecule has 0 unspecified atom stereocenters. The van der Waals surface area contributed by atoms with E-state index < -0.39 is 10.0 Å². The molecule has 0 bridgehead atoms. The van der Waals surface area contributed by atoms with Gasteiger partial charge < -0.3 is 4.90 Å². The maximum atomic E-state index is 12.9. The molecule has 148 valence electrons. The first-order valence-electron chi connectivity index (χ1n) is 9.08. The van der Waals surface area contributed by atoms with Gasteiger partial charge >= 0.3 is 0 Å². The molecule has 0 aliphatic carbocycles. The Morgan fingerprint density at radius 1 is 1.03 bits per heavy atom. The minimum atomic E-state index is -3.59. The van der Waals surface area contributed by atoms with Crippen molar-refractivity contribution in [2.45, 2.75) is 11.8 Å². The molecule has 0 saturated carbocycles. The molecular formula is C19H19N7O2S. The van der Waals surface area contributed by atoms with Crippen LogP contribution in [0.3, 0.4) is 0 Å². The summed E-state index contributed by atoms with van der Waals surface area (Å²) in [4.78, 5) is 11.2. The standard InChI is InChI=1S/C19H19N7O2S/c1-15-22-18(13-19(23-15)26-8-2-7-21-26)24-9-11-25(12-10-24)29(27,28)17-5-3-16(14-20)4-6-17/h2-8,13H,9-12H2,1H3. The fourth-order valence-corrected chi connectivity index (χ4v) is 4.65. The topological polar surface area (TPSA) is 108 Å². The number of benzene rings is 1. The van der Waals surface area contributed by atoms with Gasteiger partial charge in [-0.15, -0.1) is 0 Å². The van der Waals surface area contributed by atoms with Gasteiger partial charge in [-0.25, -0.2) is 23.1 Å². The number of nitriles is 1. The average molecular weight is 409 g/mol. The molecule has 0 radical (unpaired) electrons.